The van der Waals surface area contributed by atoms with E-state index in [1.165, 1.54) is 0 Å². The molecule has 32 valence electrons. The van der Waals surface area contributed by atoms with Crippen LogP contribution in [-0.2, 0) is 12.2 Å². The SMILES string of the molecule is NC1=N[P+]([S-])=N1. The minimum absolute atomic E-state index is 0.358. The molecule has 0 aromatic rings. The molecule has 1 unspecified atom stereocenters. The van der Waals surface area contributed by atoms with Crippen LogP contribution in [0.1, 0.15) is 0 Å². The molecule has 1 atom stereocenters. The van der Waals surface area contributed by atoms with E-state index in [0.717, 1.165) is 0 Å². The van der Waals surface area contributed by atoms with Gasteiger partial charge in [0.05, 0.1) is 0 Å². The molecule has 0 aromatic carbocycles. The number of hydrogen-bond acceptors (Lipinski definition) is 4. The second-order valence-corrected chi connectivity index (χ2v) is 2.70. The Hall–Kier alpha value is -0.0800. The Morgan fingerprint density at radius 3 is 2.33 bits per heavy atom. The van der Waals surface area contributed by atoms with Crippen LogP contribution in [0.2, 0.25) is 0 Å². The molecular weight excluding hydrogens is 117 g/mol. The van der Waals surface area contributed by atoms with Gasteiger partial charge in [-0.15, -0.1) is 0 Å². The Bertz CT molecular complexity index is 105. The highest BCUT2D eigenvalue weighted by atomic mass is 32.7. The quantitative estimate of drug-likeness (QED) is 0.369. The van der Waals surface area contributed by atoms with Crippen molar-refractivity contribution in [1.29, 1.82) is 0 Å². The van der Waals surface area contributed by atoms with Gasteiger partial charge in [-0.3, -0.25) is 0 Å². The molecule has 5 heteroatoms. The van der Waals surface area contributed by atoms with E-state index < -0.39 is 7.07 Å². The van der Waals surface area contributed by atoms with Gasteiger partial charge in [0.1, 0.15) is 0 Å². The molecule has 0 aromatic heterocycles. The Morgan fingerprint density at radius 2 is 2.33 bits per heavy atom. The van der Waals surface area contributed by atoms with Crippen LogP contribution >= 0.6 is 7.07 Å². The molecule has 1 rings (SSSR count). The van der Waals surface area contributed by atoms with Crippen LogP contribution in [0.3, 0.4) is 0 Å². The summed E-state index contributed by atoms with van der Waals surface area (Å²) in [5, 5.41) is 0. The maximum Gasteiger partial charge on any atom is 0.306 e. The van der Waals surface area contributed by atoms with Crippen LogP contribution in [-0.4, -0.2) is 5.96 Å². The highest BCUT2D eigenvalue weighted by molar-refractivity contribution is 8.28. The summed E-state index contributed by atoms with van der Waals surface area (Å²) in [6.45, 7) is 0. The number of nitrogens with two attached hydrogens (primary N) is 1. The largest absolute Gasteiger partial charge is 0.437 e. The molecule has 0 fully saturated rings. The van der Waals surface area contributed by atoms with Gasteiger partial charge < -0.3 is 18.0 Å². The molecule has 6 heavy (non-hydrogen) atoms. The minimum atomic E-state index is -0.786. The van der Waals surface area contributed by atoms with Crippen LogP contribution in [0.15, 0.2) is 9.51 Å². The highest BCUT2D eigenvalue weighted by Crippen LogP contribution is 2.30. The third-order valence-electron chi connectivity index (χ3n) is 0.376. The Labute approximate surface area is 41.3 Å². The molecule has 0 aliphatic carbocycles. The maximum atomic E-state index is 5.00. The van der Waals surface area contributed by atoms with E-state index in [0.29, 0.717) is 5.96 Å². The first-order chi connectivity index (χ1) is 2.79. The lowest BCUT2D eigenvalue weighted by Crippen LogP contribution is -2.09. The first-order valence-corrected chi connectivity index (χ1v) is 3.58. The summed E-state index contributed by atoms with van der Waals surface area (Å²) in [4.78, 5) is 0. The molecular formula is CH2N3PS. The third kappa shape index (κ3) is 0.533. The maximum absolute atomic E-state index is 5.00. The zero-order valence-electron chi connectivity index (χ0n) is 2.83. The number of guanidine groups is 1. The van der Waals surface area contributed by atoms with Gasteiger partial charge in [-0.25, -0.2) is 0 Å². The zero-order valence-corrected chi connectivity index (χ0v) is 4.54. The lowest BCUT2D eigenvalue weighted by molar-refractivity contribution is 1.49. The summed E-state index contributed by atoms with van der Waals surface area (Å²) in [5.74, 6) is 0.358. The Balaban J connectivity index is 2.57. The van der Waals surface area contributed by atoms with Crippen molar-refractivity contribution in [3.05, 3.63) is 0 Å². The van der Waals surface area contributed by atoms with Gasteiger partial charge in [0.2, 0.25) is 7.07 Å². The first-order valence-electron chi connectivity index (χ1n) is 1.32. The highest BCUT2D eigenvalue weighted by Gasteiger charge is 2.07. The van der Waals surface area contributed by atoms with Gasteiger partial charge >= 0.3 is 5.96 Å². The van der Waals surface area contributed by atoms with Crippen molar-refractivity contribution < 1.29 is 0 Å². The van der Waals surface area contributed by atoms with E-state index in [1.807, 2.05) is 0 Å². The lowest BCUT2D eigenvalue weighted by atomic mass is 11.1. The van der Waals surface area contributed by atoms with Crippen molar-refractivity contribution in [2.75, 3.05) is 0 Å². The molecule has 2 N–H and O–H groups in total. The van der Waals surface area contributed by atoms with E-state index in [2.05, 4.69) is 21.8 Å². The Kier molecular flexibility index (Phi) is 0.821. The van der Waals surface area contributed by atoms with E-state index in [9.17, 15) is 0 Å². The summed E-state index contributed by atoms with van der Waals surface area (Å²) in [5.41, 5.74) is 5.00. The summed E-state index contributed by atoms with van der Waals surface area (Å²) in [6, 6.07) is 0. The predicted octanol–water partition coefficient (Wildman–Crippen LogP) is 0.357. The van der Waals surface area contributed by atoms with Crippen LogP contribution in [0.25, 0.3) is 0 Å². The van der Waals surface area contributed by atoms with Gasteiger partial charge in [-0.05, 0) is 9.51 Å². The first kappa shape index (κ1) is 4.09. The molecule has 1 aliphatic heterocycles. The van der Waals surface area contributed by atoms with Gasteiger partial charge in [0.25, 0.3) is 0 Å². The van der Waals surface area contributed by atoms with E-state index in [-0.39, 0.29) is 0 Å². The van der Waals surface area contributed by atoms with Gasteiger partial charge in [0, 0.05) is 0 Å². The van der Waals surface area contributed by atoms with Crippen LogP contribution in [0, 0.1) is 0 Å². The zero-order chi connectivity index (χ0) is 4.57. The topological polar surface area (TPSA) is 50.7 Å². The molecule has 0 saturated heterocycles. The van der Waals surface area contributed by atoms with Crippen molar-refractivity contribution >= 4 is 25.3 Å². The molecule has 0 bridgehead atoms. The molecule has 0 saturated carbocycles. The lowest BCUT2D eigenvalue weighted by Gasteiger charge is -1.92. The summed E-state index contributed by atoms with van der Waals surface area (Å²) < 4.78 is 7.26. The predicted molar refractivity (Wildman–Crippen MR) is 28.3 cm³/mol. The fourth-order valence-corrected chi connectivity index (χ4v) is 1.04. The minimum Gasteiger partial charge on any atom is -0.437 e. The second kappa shape index (κ2) is 1.21. The fraction of sp³-hybridized carbons (Fsp3) is 0. The monoisotopic (exact) mass is 119 g/mol. The Morgan fingerprint density at radius 1 is 1.83 bits per heavy atom. The van der Waals surface area contributed by atoms with Crippen LogP contribution in [0.5, 0.6) is 0 Å². The number of hydrogen-bond donors (Lipinski definition) is 1. The molecule has 1 heterocycles. The van der Waals surface area contributed by atoms with Crippen LogP contribution < -0.4 is 5.73 Å². The molecule has 1 aliphatic rings. The normalized spacial score (nSPS) is 24.2. The third-order valence-corrected chi connectivity index (χ3v) is 1.62. The smallest absolute Gasteiger partial charge is 0.306 e. The van der Waals surface area contributed by atoms with Crippen molar-refractivity contribution in [2.24, 2.45) is 15.2 Å². The molecule has 0 spiro atoms. The number of rotatable bonds is 0. The average Bonchev–Trinajstić information content (AvgIpc) is 1.33. The average molecular weight is 119 g/mol. The van der Waals surface area contributed by atoms with Crippen LogP contribution in [0.4, 0.5) is 0 Å². The van der Waals surface area contributed by atoms with E-state index in [4.69, 9.17) is 5.73 Å². The molecule has 0 radical (unpaired) electrons. The van der Waals surface area contributed by atoms with Gasteiger partial charge in [0.15, 0.2) is 0 Å². The van der Waals surface area contributed by atoms with Gasteiger partial charge in [-0.2, -0.15) is 0 Å². The van der Waals surface area contributed by atoms with E-state index >= 15 is 0 Å². The molecule has 3 nitrogen and oxygen atoms in total. The van der Waals surface area contributed by atoms with Crippen molar-refractivity contribution in [2.45, 2.75) is 0 Å². The van der Waals surface area contributed by atoms with Crippen molar-refractivity contribution in [3.8, 4) is 0 Å². The summed E-state index contributed by atoms with van der Waals surface area (Å²) in [6.07, 6.45) is 0. The van der Waals surface area contributed by atoms with Crippen molar-refractivity contribution in [3.63, 3.8) is 0 Å². The fourth-order valence-electron chi connectivity index (χ4n) is 0.180. The summed E-state index contributed by atoms with van der Waals surface area (Å²) >= 11 is 4.57. The second-order valence-electron chi connectivity index (χ2n) is 0.811. The number of nitrogens with zero attached hydrogens (tertiary/aromatic N) is 2. The van der Waals surface area contributed by atoms with Gasteiger partial charge in [-0.1, -0.05) is 0 Å². The van der Waals surface area contributed by atoms with E-state index in [1.54, 1.807) is 0 Å². The molecule has 0 amide bonds. The summed E-state index contributed by atoms with van der Waals surface area (Å²) in [7, 11) is -0.786. The standard InChI is InChI=1S/CH2N3PS/c2-1-3-5(6)4-1/h(H2,2,3,4). The van der Waals surface area contributed by atoms with Crippen molar-refractivity contribution in [1.82, 2.24) is 0 Å².